The zero-order chi connectivity index (χ0) is 21.2. The highest BCUT2D eigenvalue weighted by Crippen LogP contribution is 2.41. The Kier molecular flexibility index (Phi) is 6.31. The topological polar surface area (TPSA) is 110 Å². The first-order chi connectivity index (χ1) is 12.9. The van der Waals surface area contributed by atoms with Crippen molar-refractivity contribution in [2.45, 2.75) is 53.2 Å². The third kappa shape index (κ3) is 4.79. The summed E-state index contributed by atoms with van der Waals surface area (Å²) in [5.74, 6) is -0.421. The molecule has 1 aromatic carbocycles. The number of nitro benzene ring substituents is 1. The smallest absolute Gasteiger partial charge is 0.407 e. The molecule has 1 fully saturated rings. The number of hydrogen-bond acceptors (Lipinski definition) is 5. The van der Waals surface area contributed by atoms with Crippen LogP contribution in [0.5, 0.6) is 0 Å². The minimum atomic E-state index is -1.03. The van der Waals surface area contributed by atoms with Gasteiger partial charge in [-0.25, -0.2) is 9.59 Å². The van der Waals surface area contributed by atoms with Crippen molar-refractivity contribution in [3.05, 3.63) is 39.9 Å². The summed E-state index contributed by atoms with van der Waals surface area (Å²) in [6.07, 6.45) is -0.864. The molecule has 1 unspecified atom stereocenters. The lowest BCUT2D eigenvalue weighted by atomic mass is 9.76. The van der Waals surface area contributed by atoms with Crippen LogP contribution < -0.4 is 0 Å². The second-order valence-corrected chi connectivity index (χ2v) is 8.79. The third-order valence-corrected chi connectivity index (χ3v) is 5.04. The van der Waals surface area contributed by atoms with E-state index in [9.17, 15) is 24.8 Å². The Hall–Kier alpha value is -2.64. The van der Waals surface area contributed by atoms with Gasteiger partial charge < -0.3 is 14.7 Å². The molecular weight excluding hydrogens is 364 g/mol. The number of rotatable bonds is 5. The Labute approximate surface area is 164 Å². The molecule has 0 aliphatic carbocycles. The SMILES string of the molecule is CC(C)C[C@H]1C(C(C)(C)C)N(C(=O)O)C[C@H]1OC(=O)c1ccc([N+](=O)[O-])cc1. The molecule has 0 radical (unpaired) electrons. The third-order valence-electron chi connectivity index (χ3n) is 5.04. The molecule has 0 spiro atoms. The molecule has 154 valence electrons. The van der Waals surface area contributed by atoms with Crippen molar-refractivity contribution in [1.29, 1.82) is 0 Å². The fourth-order valence-electron chi connectivity index (χ4n) is 4.06. The molecule has 1 aliphatic heterocycles. The van der Waals surface area contributed by atoms with Gasteiger partial charge in [-0.3, -0.25) is 10.1 Å². The molecule has 8 heteroatoms. The fourth-order valence-corrected chi connectivity index (χ4v) is 4.06. The van der Waals surface area contributed by atoms with E-state index in [0.29, 0.717) is 5.92 Å². The van der Waals surface area contributed by atoms with Crippen molar-refractivity contribution in [1.82, 2.24) is 4.90 Å². The standard InChI is InChI=1S/C20H28N2O6/c1-12(2)10-15-16(11-21(19(24)25)17(15)20(3,4)5)28-18(23)13-6-8-14(9-7-13)22(26)27/h6-9,12,15-17H,10-11H2,1-5H3,(H,24,25)/t15-,16-,17?/m1/s1. The number of nitrogens with zero attached hydrogens (tertiary/aromatic N) is 2. The van der Waals surface area contributed by atoms with Crippen molar-refractivity contribution in [2.24, 2.45) is 17.3 Å². The van der Waals surface area contributed by atoms with Crippen LogP contribution in [0.2, 0.25) is 0 Å². The second-order valence-electron chi connectivity index (χ2n) is 8.79. The summed E-state index contributed by atoms with van der Waals surface area (Å²) in [6, 6.07) is 4.92. The van der Waals surface area contributed by atoms with Gasteiger partial charge in [0, 0.05) is 24.1 Å². The lowest BCUT2D eigenvalue weighted by molar-refractivity contribution is -0.384. The summed E-state index contributed by atoms with van der Waals surface area (Å²) < 4.78 is 5.70. The predicted octanol–water partition coefficient (Wildman–Crippen LogP) is 4.19. The number of amides is 1. The zero-order valence-corrected chi connectivity index (χ0v) is 16.9. The molecule has 1 N–H and O–H groups in total. The molecule has 1 heterocycles. The number of nitro groups is 1. The normalized spacial score (nSPS) is 22.4. The van der Waals surface area contributed by atoms with Crippen molar-refractivity contribution in [3.63, 3.8) is 0 Å². The maximum absolute atomic E-state index is 12.6. The van der Waals surface area contributed by atoms with Gasteiger partial charge in [0.05, 0.1) is 17.0 Å². The van der Waals surface area contributed by atoms with Crippen LogP contribution in [0.4, 0.5) is 10.5 Å². The molecule has 28 heavy (non-hydrogen) atoms. The van der Waals surface area contributed by atoms with Crippen LogP contribution in [0.15, 0.2) is 24.3 Å². The van der Waals surface area contributed by atoms with Crippen LogP contribution in [0, 0.1) is 27.4 Å². The molecule has 1 aromatic rings. The molecule has 8 nitrogen and oxygen atoms in total. The van der Waals surface area contributed by atoms with Crippen molar-refractivity contribution in [2.75, 3.05) is 6.54 Å². The first-order valence-electron chi connectivity index (χ1n) is 9.36. The maximum atomic E-state index is 12.6. The minimum Gasteiger partial charge on any atom is -0.465 e. The average molecular weight is 392 g/mol. The largest absolute Gasteiger partial charge is 0.465 e. The van der Waals surface area contributed by atoms with Crippen LogP contribution in [0.1, 0.15) is 51.4 Å². The lowest BCUT2D eigenvalue weighted by Crippen LogP contribution is -2.45. The van der Waals surface area contributed by atoms with Gasteiger partial charge >= 0.3 is 12.1 Å². The van der Waals surface area contributed by atoms with Crippen LogP contribution in [-0.4, -0.2) is 45.7 Å². The Morgan fingerprint density at radius 2 is 1.86 bits per heavy atom. The molecule has 1 saturated heterocycles. The summed E-state index contributed by atoms with van der Waals surface area (Å²) in [4.78, 5) is 36.0. The van der Waals surface area contributed by atoms with Crippen LogP contribution >= 0.6 is 0 Å². The van der Waals surface area contributed by atoms with Crippen molar-refractivity contribution in [3.8, 4) is 0 Å². The Balaban J connectivity index is 2.27. The number of benzene rings is 1. The molecule has 2 rings (SSSR count). The van der Waals surface area contributed by atoms with E-state index < -0.39 is 23.1 Å². The highest BCUT2D eigenvalue weighted by molar-refractivity contribution is 5.89. The molecule has 0 aromatic heterocycles. The first kappa shape index (κ1) is 21.7. The highest BCUT2D eigenvalue weighted by atomic mass is 16.6. The van der Waals surface area contributed by atoms with Gasteiger partial charge in [0.2, 0.25) is 0 Å². The van der Waals surface area contributed by atoms with E-state index >= 15 is 0 Å². The van der Waals surface area contributed by atoms with E-state index in [0.717, 1.165) is 6.42 Å². The molecule has 1 aliphatic rings. The predicted molar refractivity (Wildman–Crippen MR) is 103 cm³/mol. The fraction of sp³-hybridized carbons (Fsp3) is 0.600. The van der Waals surface area contributed by atoms with Gasteiger partial charge in [0.1, 0.15) is 6.10 Å². The summed E-state index contributed by atoms with van der Waals surface area (Å²) in [6.45, 7) is 10.2. The van der Waals surface area contributed by atoms with Gasteiger partial charge in [-0.1, -0.05) is 34.6 Å². The number of non-ortho nitro benzene ring substituents is 1. The Morgan fingerprint density at radius 1 is 1.29 bits per heavy atom. The highest BCUT2D eigenvalue weighted by Gasteiger charge is 2.50. The van der Waals surface area contributed by atoms with Gasteiger partial charge in [0.15, 0.2) is 0 Å². The van der Waals surface area contributed by atoms with E-state index in [1.807, 2.05) is 20.8 Å². The number of carboxylic acid groups (broad SMARTS) is 1. The second kappa shape index (κ2) is 8.16. The Bertz CT molecular complexity index is 738. The molecular formula is C20H28N2O6. The van der Waals surface area contributed by atoms with Gasteiger partial charge in [-0.2, -0.15) is 0 Å². The van der Waals surface area contributed by atoms with Crippen molar-refractivity contribution >= 4 is 17.7 Å². The minimum absolute atomic E-state index is 0.111. The number of likely N-dealkylation sites (tertiary alicyclic amines) is 1. The van der Waals surface area contributed by atoms with E-state index in [-0.39, 0.29) is 35.2 Å². The monoisotopic (exact) mass is 392 g/mol. The summed E-state index contributed by atoms with van der Waals surface area (Å²) in [7, 11) is 0. The Morgan fingerprint density at radius 3 is 2.29 bits per heavy atom. The quantitative estimate of drug-likeness (QED) is 0.457. The number of hydrogen-bond donors (Lipinski definition) is 1. The van der Waals surface area contributed by atoms with Crippen LogP contribution in [0.3, 0.4) is 0 Å². The molecule has 3 atom stereocenters. The number of carbonyl (C=O) groups is 2. The van der Waals surface area contributed by atoms with Crippen LogP contribution in [0.25, 0.3) is 0 Å². The summed E-state index contributed by atoms with van der Waals surface area (Å²) >= 11 is 0. The lowest BCUT2D eigenvalue weighted by Gasteiger charge is -2.37. The maximum Gasteiger partial charge on any atom is 0.407 e. The van der Waals surface area contributed by atoms with Crippen LogP contribution in [-0.2, 0) is 4.74 Å². The molecule has 0 bridgehead atoms. The van der Waals surface area contributed by atoms with Crippen molar-refractivity contribution < 1.29 is 24.4 Å². The summed E-state index contributed by atoms with van der Waals surface area (Å²) in [5.41, 5.74) is -0.221. The van der Waals surface area contributed by atoms with E-state index in [1.165, 1.54) is 29.2 Å². The van der Waals surface area contributed by atoms with Gasteiger partial charge in [-0.05, 0) is 29.9 Å². The molecule has 0 saturated carbocycles. The first-order valence-corrected chi connectivity index (χ1v) is 9.36. The summed E-state index contributed by atoms with van der Waals surface area (Å²) in [5, 5.41) is 20.4. The van der Waals surface area contributed by atoms with E-state index in [1.54, 1.807) is 0 Å². The zero-order valence-electron chi connectivity index (χ0n) is 16.9. The number of ether oxygens (including phenoxy) is 1. The van der Waals surface area contributed by atoms with Gasteiger partial charge in [-0.15, -0.1) is 0 Å². The molecule has 1 amide bonds. The van der Waals surface area contributed by atoms with Gasteiger partial charge in [0.25, 0.3) is 5.69 Å². The number of carbonyl (C=O) groups excluding carboxylic acids is 1. The van der Waals surface area contributed by atoms with E-state index in [4.69, 9.17) is 4.74 Å². The average Bonchev–Trinajstić information content (AvgIpc) is 2.93. The van der Waals surface area contributed by atoms with E-state index in [2.05, 4.69) is 13.8 Å². The number of esters is 1.